The van der Waals surface area contributed by atoms with E-state index >= 15 is 0 Å². The van der Waals surface area contributed by atoms with Gasteiger partial charge in [0, 0.05) is 39.9 Å². The molecule has 1 aromatic heterocycles. The molecule has 0 fully saturated rings. The van der Waals surface area contributed by atoms with Crippen molar-refractivity contribution in [2.75, 3.05) is 32.6 Å². The van der Waals surface area contributed by atoms with Crippen molar-refractivity contribution in [1.29, 1.82) is 0 Å². The van der Waals surface area contributed by atoms with Gasteiger partial charge in [0.2, 0.25) is 5.91 Å². The van der Waals surface area contributed by atoms with Gasteiger partial charge in [-0.05, 0) is 11.6 Å². The highest BCUT2D eigenvalue weighted by atomic mass is 16.2. The summed E-state index contributed by atoms with van der Waals surface area (Å²) >= 11 is 0. The van der Waals surface area contributed by atoms with E-state index in [1.807, 2.05) is 30.3 Å². The van der Waals surface area contributed by atoms with Crippen molar-refractivity contribution in [3.8, 4) is 0 Å². The van der Waals surface area contributed by atoms with E-state index in [-0.39, 0.29) is 5.91 Å². The maximum atomic E-state index is 11.6. The maximum absolute atomic E-state index is 11.6. The summed E-state index contributed by atoms with van der Waals surface area (Å²) in [7, 11) is 5.38. The second kappa shape index (κ2) is 7.09. The summed E-state index contributed by atoms with van der Waals surface area (Å²) in [5.41, 5.74) is 1.14. The molecule has 1 amide bonds. The van der Waals surface area contributed by atoms with Crippen LogP contribution in [0.1, 0.15) is 19.4 Å². The van der Waals surface area contributed by atoms with E-state index in [0.717, 1.165) is 17.9 Å². The molecule has 1 heterocycles. The number of likely N-dealkylation sites (N-methyl/N-ethyl adjacent to an activating group) is 2. The van der Waals surface area contributed by atoms with E-state index in [0.29, 0.717) is 12.6 Å². The molecule has 0 saturated carbocycles. The van der Waals surface area contributed by atoms with Crippen LogP contribution in [0.4, 0.5) is 5.82 Å². The Bertz CT molecular complexity index is 400. The number of aromatic nitrogens is 1. The Morgan fingerprint density at radius 3 is 2.47 bits per heavy atom. The van der Waals surface area contributed by atoms with Crippen LogP contribution >= 0.6 is 0 Å². The fourth-order valence-corrected chi connectivity index (χ4v) is 1.49. The largest absolute Gasteiger partial charge is 0.350 e. The molecular formula is C14H24N4O. The quantitative estimate of drug-likeness (QED) is 0.836. The molecule has 1 aromatic rings. The predicted octanol–water partition coefficient (Wildman–Crippen LogP) is 1.10. The standard InChI is InChI=1S/C14H24N4O/c1-11(2)15-8-12-6-7-13(16-9-12)18(5)10-14(19)17(3)4/h6-7,9,11,15H,8,10H2,1-5H3. The molecule has 106 valence electrons. The van der Waals surface area contributed by atoms with Crippen LogP contribution in [0.3, 0.4) is 0 Å². The van der Waals surface area contributed by atoms with Crippen molar-refractivity contribution < 1.29 is 4.79 Å². The number of carbonyl (C=O) groups is 1. The summed E-state index contributed by atoms with van der Waals surface area (Å²) in [6, 6.07) is 4.44. The first-order valence-corrected chi connectivity index (χ1v) is 6.49. The van der Waals surface area contributed by atoms with Gasteiger partial charge in [0.05, 0.1) is 6.54 Å². The molecular weight excluding hydrogens is 240 g/mol. The Hall–Kier alpha value is -1.62. The van der Waals surface area contributed by atoms with Crippen LogP contribution in [0, 0.1) is 0 Å². The molecule has 0 spiro atoms. The number of nitrogens with one attached hydrogen (secondary N) is 1. The lowest BCUT2D eigenvalue weighted by molar-refractivity contribution is -0.127. The average molecular weight is 264 g/mol. The average Bonchev–Trinajstić information content (AvgIpc) is 2.36. The number of hydrogen-bond donors (Lipinski definition) is 1. The summed E-state index contributed by atoms with van der Waals surface area (Å²) in [5, 5.41) is 3.34. The Labute approximate surface area is 115 Å². The predicted molar refractivity (Wildman–Crippen MR) is 78.2 cm³/mol. The molecule has 0 atom stereocenters. The Morgan fingerprint density at radius 1 is 1.32 bits per heavy atom. The maximum Gasteiger partial charge on any atom is 0.241 e. The first kappa shape index (κ1) is 15.4. The number of hydrogen-bond acceptors (Lipinski definition) is 4. The third-order valence-electron chi connectivity index (χ3n) is 2.79. The van der Waals surface area contributed by atoms with Gasteiger partial charge in [-0.3, -0.25) is 4.79 Å². The zero-order chi connectivity index (χ0) is 14.4. The first-order valence-electron chi connectivity index (χ1n) is 6.49. The van der Waals surface area contributed by atoms with E-state index < -0.39 is 0 Å². The highest BCUT2D eigenvalue weighted by molar-refractivity contribution is 5.80. The second-order valence-electron chi connectivity index (χ2n) is 5.20. The zero-order valence-electron chi connectivity index (χ0n) is 12.5. The van der Waals surface area contributed by atoms with Crippen molar-refractivity contribution in [2.24, 2.45) is 0 Å². The Balaban J connectivity index is 2.57. The number of anilines is 1. The minimum absolute atomic E-state index is 0.0647. The molecule has 1 N–H and O–H groups in total. The molecule has 0 aromatic carbocycles. The van der Waals surface area contributed by atoms with Gasteiger partial charge in [-0.2, -0.15) is 0 Å². The van der Waals surface area contributed by atoms with Gasteiger partial charge in [-0.1, -0.05) is 19.9 Å². The van der Waals surface area contributed by atoms with Crippen LogP contribution in [0.2, 0.25) is 0 Å². The van der Waals surface area contributed by atoms with Crippen molar-refractivity contribution in [1.82, 2.24) is 15.2 Å². The highest BCUT2D eigenvalue weighted by Crippen LogP contribution is 2.09. The van der Waals surface area contributed by atoms with Crippen LogP contribution in [-0.4, -0.2) is 49.5 Å². The molecule has 0 saturated heterocycles. The van der Waals surface area contributed by atoms with Crippen LogP contribution in [0.15, 0.2) is 18.3 Å². The smallest absolute Gasteiger partial charge is 0.241 e. The van der Waals surface area contributed by atoms with Gasteiger partial charge < -0.3 is 15.1 Å². The monoisotopic (exact) mass is 264 g/mol. The molecule has 5 nitrogen and oxygen atoms in total. The number of carbonyl (C=O) groups excluding carboxylic acids is 1. The molecule has 0 bridgehead atoms. The van der Waals surface area contributed by atoms with E-state index in [1.54, 1.807) is 19.0 Å². The molecule has 19 heavy (non-hydrogen) atoms. The van der Waals surface area contributed by atoms with Gasteiger partial charge in [0.15, 0.2) is 0 Å². The Morgan fingerprint density at radius 2 is 2.00 bits per heavy atom. The lowest BCUT2D eigenvalue weighted by atomic mass is 10.2. The molecule has 0 radical (unpaired) electrons. The SMILES string of the molecule is CC(C)NCc1ccc(N(C)CC(=O)N(C)C)nc1. The highest BCUT2D eigenvalue weighted by Gasteiger charge is 2.09. The van der Waals surface area contributed by atoms with E-state index in [1.165, 1.54) is 0 Å². The van der Waals surface area contributed by atoms with Crippen LogP contribution in [-0.2, 0) is 11.3 Å². The summed E-state index contributed by atoms with van der Waals surface area (Å²) in [6.45, 7) is 5.37. The third-order valence-corrected chi connectivity index (χ3v) is 2.79. The summed E-state index contributed by atoms with van der Waals surface area (Å²) < 4.78 is 0. The molecule has 0 unspecified atom stereocenters. The summed E-state index contributed by atoms with van der Waals surface area (Å²) in [6.07, 6.45) is 1.85. The third kappa shape index (κ3) is 5.26. The van der Waals surface area contributed by atoms with Crippen molar-refractivity contribution >= 4 is 11.7 Å². The molecule has 1 rings (SSSR count). The van der Waals surface area contributed by atoms with Crippen LogP contribution < -0.4 is 10.2 Å². The van der Waals surface area contributed by atoms with Crippen molar-refractivity contribution in [3.63, 3.8) is 0 Å². The first-order chi connectivity index (χ1) is 8.90. The van der Waals surface area contributed by atoms with Gasteiger partial charge in [-0.25, -0.2) is 4.98 Å². The fourth-order valence-electron chi connectivity index (χ4n) is 1.49. The van der Waals surface area contributed by atoms with Gasteiger partial charge in [-0.15, -0.1) is 0 Å². The topological polar surface area (TPSA) is 48.5 Å². The van der Waals surface area contributed by atoms with Crippen LogP contribution in [0.25, 0.3) is 0 Å². The molecule has 5 heteroatoms. The van der Waals surface area contributed by atoms with Crippen LogP contribution in [0.5, 0.6) is 0 Å². The van der Waals surface area contributed by atoms with E-state index in [2.05, 4.69) is 24.1 Å². The minimum atomic E-state index is 0.0647. The normalized spacial score (nSPS) is 10.6. The number of rotatable bonds is 6. The molecule has 0 aliphatic carbocycles. The van der Waals surface area contributed by atoms with Crippen molar-refractivity contribution in [3.05, 3.63) is 23.9 Å². The molecule has 0 aliphatic rings. The van der Waals surface area contributed by atoms with Gasteiger partial charge >= 0.3 is 0 Å². The van der Waals surface area contributed by atoms with Crippen molar-refractivity contribution in [2.45, 2.75) is 26.4 Å². The lowest BCUT2D eigenvalue weighted by Crippen LogP contribution is -2.34. The number of amides is 1. The summed E-state index contributed by atoms with van der Waals surface area (Å²) in [5.74, 6) is 0.873. The van der Waals surface area contributed by atoms with E-state index in [9.17, 15) is 4.79 Å². The Kier molecular flexibility index (Phi) is 5.76. The second-order valence-corrected chi connectivity index (χ2v) is 5.20. The number of nitrogens with zero attached hydrogens (tertiary/aromatic N) is 3. The summed E-state index contributed by atoms with van der Waals surface area (Å²) in [4.78, 5) is 19.4. The molecule has 0 aliphatic heterocycles. The van der Waals surface area contributed by atoms with Gasteiger partial charge in [0.25, 0.3) is 0 Å². The lowest BCUT2D eigenvalue weighted by Gasteiger charge is -2.20. The van der Waals surface area contributed by atoms with Gasteiger partial charge in [0.1, 0.15) is 5.82 Å². The van der Waals surface area contributed by atoms with E-state index in [4.69, 9.17) is 0 Å². The fraction of sp³-hybridized carbons (Fsp3) is 0.571. The number of pyridine rings is 1. The minimum Gasteiger partial charge on any atom is -0.350 e. The zero-order valence-corrected chi connectivity index (χ0v) is 12.5.